The molecule has 1 aromatic carbocycles. The van der Waals surface area contributed by atoms with Crippen LogP contribution in [0.15, 0.2) is 24.3 Å². The number of nitrogens with one attached hydrogen (secondary N) is 1. The number of H-pyrrole nitrogens is 1. The molecule has 12 heteroatoms. The van der Waals surface area contributed by atoms with Crippen molar-refractivity contribution in [2.45, 2.75) is 24.5 Å². The summed E-state index contributed by atoms with van der Waals surface area (Å²) in [5.74, 6) is 0.444. The number of ether oxygens (including phenoxy) is 1. The highest BCUT2D eigenvalue weighted by Gasteiger charge is 2.45. The number of aliphatic hydroxyl groups excluding tert-OH is 3. The van der Waals surface area contributed by atoms with Gasteiger partial charge < -0.3 is 30.8 Å². The minimum absolute atomic E-state index is 0.0752. The summed E-state index contributed by atoms with van der Waals surface area (Å²) in [5, 5.41) is 30.9. The number of hydrogen-bond donors (Lipinski definition) is 5. The number of nitrogens with two attached hydrogens (primary N) is 1. The molecule has 0 bridgehead atoms. The van der Waals surface area contributed by atoms with Gasteiger partial charge in [-0.2, -0.15) is 4.98 Å². The van der Waals surface area contributed by atoms with Gasteiger partial charge in [-0.25, -0.2) is 9.97 Å². The molecule has 0 radical (unpaired) electrons. The Bertz CT molecular complexity index is 1250. The van der Waals surface area contributed by atoms with E-state index in [0.29, 0.717) is 16.3 Å². The largest absolute Gasteiger partial charge is 0.394 e. The molecule has 0 aliphatic carbocycles. The summed E-state index contributed by atoms with van der Waals surface area (Å²) in [6, 6.07) is 7.63. The van der Waals surface area contributed by atoms with Gasteiger partial charge in [0.25, 0.3) is 0 Å². The molecule has 0 saturated carbocycles. The Morgan fingerprint density at radius 1 is 1.21 bits per heavy atom. The van der Waals surface area contributed by atoms with Crippen LogP contribution in [0.1, 0.15) is 6.23 Å². The number of aromatic amines is 1. The van der Waals surface area contributed by atoms with Crippen molar-refractivity contribution >= 4 is 50.9 Å². The molecule has 1 saturated heterocycles. The third-order valence-electron chi connectivity index (χ3n) is 4.83. The Hall–Kier alpha value is -2.48. The average molecular weight is 432 g/mol. The molecule has 29 heavy (non-hydrogen) atoms. The molecule has 3 aromatic heterocycles. The van der Waals surface area contributed by atoms with Crippen molar-refractivity contribution in [1.82, 2.24) is 24.5 Å². The predicted molar refractivity (Wildman–Crippen MR) is 109 cm³/mol. The third kappa shape index (κ3) is 2.84. The first kappa shape index (κ1) is 18.5. The second kappa shape index (κ2) is 6.79. The van der Waals surface area contributed by atoms with Crippen LogP contribution in [0.4, 0.5) is 5.95 Å². The number of thiazole rings is 1. The molecule has 4 atom stereocenters. The number of fused-ring (bicyclic) bond motifs is 2. The normalized spacial score (nSPS) is 24.7. The van der Waals surface area contributed by atoms with Gasteiger partial charge >= 0.3 is 0 Å². The second-order valence-electron chi connectivity index (χ2n) is 6.64. The van der Waals surface area contributed by atoms with Crippen LogP contribution in [0.3, 0.4) is 0 Å². The Morgan fingerprint density at radius 2 is 2.00 bits per heavy atom. The topological polar surface area (TPSA) is 155 Å². The van der Waals surface area contributed by atoms with E-state index < -0.39 is 31.1 Å². The van der Waals surface area contributed by atoms with E-state index in [2.05, 4.69) is 19.9 Å². The Morgan fingerprint density at radius 3 is 2.72 bits per heavy atom. The summed E-state index contributed by atoms with van der Waals surface area (Å²) in [4.78, 5) is 16.3. The van der Waals surface area contributed by atoms with Crippen molar-refractivity contribution in [3.8, 4) is 10.8 Å². The van der Waals surface area contributed by atoms with Crippen LogP contribution in [0, 0.1) is 4.64 Å². The first-order valence-electron chi connectivity index (χ1n) is 8.74. The van der Waals surface area contributed by atoms with Crippen LogP contribution < -0.4 is 5.73 Å². The number of benzene rings is 1. The molecule has 6 N–H and O–H groups in total. The molecule has 4 heterocycles. The number of para-hydroxylation sites is 1. The molecule has 5 rings (SSSR count). The first-order valence-corrected chi connectivity index (χ1v) is 9.96. The fourth-order valence-electron chi connectivity index (χ4n) is 3.45. The lowest BCUT2D eigenvalue weighted by molar-refractivity contribution is -0.0503. The Balaban J connectivity index is 1.79. The van der Waals surface area contributed by atoms with Gasteiger partial charge in [0.2, 0.25) is 5.95 Å². The van der Waals surface area contributed by atoms with Gasteiger partial charge in [0, 0.05) is 0 Å². The van der Waals surface area contributed by atoms with Crippen LogP contribution in [-0.4, -0.2) is 64.7 Å². The zero-order valence-corrected chi connectivity index (χ0v) is 16.4. The van der Waals surface area contributed by atoms with Crippen molar-refractivity contribution < 1.29 is 20.1 Å². The van der Waals surface area contributed by atoms with E-state index in [1.54, 1.807) is 0 Å². The van der Waals surface area contributed by atoms with Gasteiger partial charge in [0.1, 0.15) is 28.5 Å². The number of rotatable bonds is 3. The Kier molecular flexibility index (Phi) is 4.34. The smallest absolute Gasteiger partial charge is 0.200 e. The van der Waals surface area contributed by atoms with Crippen molar-refractivity contribution in [1.29, 1.82) is 0 Å². The van der Waals surface area contributed by atoms with Gasteiger partial charge in [-0.15, -0.1) is 11.3 Å². The van der Waals surface area contributed by atoms with E-state index >= 15 is 0 Å². The lowest BCUT2D eigenvalue weighted by Crippen LogP contribution is -2.33. The maximum atomic E-state index is 10.6. The molecule has 150 valence electrons. The Labute approximate surface area is 172 Å². The van der Waals surface area contributed by atoms with Crippen LogP contribution in [-0.2, 0) is 4.74 Å². The molecule has 4 aromatic rings. The van der Waals surface area contributed by atoms with Gasteiger partial charge in [-0.05, 0) is 12.1 Å². The lowest BCUT2D eigenvalue weighted by Gasteiger charge is -2.18. The van der Waals surface area contributed by atoms with E-state index in [4.69, 9.17) is 22.7 Å². The SMILES string of the molecule is Nc1nc2c(nc(-c3nc4ccccc4s3)n2[C@@H]2O[C@H](CO)[C@@H](O)[C@H]2O)c(=S)[nH]1. The molecule has 10 nitrogen and oxygen atoms in total. The second-order valence-corrected chi connectivity index (χ2v) is 8.08. The van der Waals surface area contributed by atoms with E-state index in [1.165, 1.54) is 15.9 Å². The predicted octanol–water partition coefficient (Wildman–Crippen LogP) is 0.959. The summed E-state index contributed by atoms with van der Waals surface area (Å²) in [7, 11) is 0. The molecular weight excluding hydrogens is 416 g/mol. The lowest BCUT2D eigenvalue weighted by atomic mass is 10.1. The summed E-state index contributed by atoms with van der Waals surface area (Å²) >= 11 is 6.75. The van der Waals surface area contributed by atoms with Crippen molar-refractivity contribution in [2.75, 3.05) is 12.3 Å². The van der Waals surface area contributed by atoms with E-state index in [0.717, 1.165) is 10.2 Å². The van der Waals surface area contributed by atoms with Gasteiger partial charge in [0.15, 0.2) is 22.7 Å². The molecule has 1 fully saturated rings. The number of nitrogen functional groups attached to an aromatic ring is 1. The zero-order chi connectivity index (χ0) is 20.3. The van der Waals surface area contributed by atoms with Crippen molar-refractivity contribution in [2.24, 2.45) is 0 Å². The molecule has 0 amide bonds. The van der Waals surface area contributed by atoms with E-state index in [-0.39, 0.29) is 16.2 Å². The van der Waals surface area contributed by atoms with Gasteiger partial charge in [-0.3, -0.25) is 4.57 Å². The summed E-state index contributed by atoms with van der Waals surface area (Å²) in [6.07, 6.45) is -4.61. The number of aliphatic hydroxyl groups is 3. The van der Waals surface area contributed by atoms with Crippen LogP contribution >= 0.6 is 23.6 Å². The zero-order valence-electron chi connectivity index (χ0n) is 14.8. The highest BCUT2D eigenvalue weighted by molar-refractivity contribution is 7.71. The first-order chi connectivity index (χ1) is 14.0. The highest BCUT2D eigenvalue weighted by atomic mass is 32.1. The molecule has 0 spiro atoms. The number of aromatic nitrogens is 5. The van der Waals surface area contributed by atoms with E-state index in [9.17, 15) is 15.3 Å². The monoisotopic (exact) mass is 432 g/mol. The summed E-state index contributed by atoms with van der Waals surface area (Å²) in [5.41, 5.74) is 7.28. The van der Waals surface area contributed by atoms with Gasteiger partial charge in [0.05, 0.1) is 16.8 Å². The fourth-order valence-corrected chi connectivity index (χ4v) is 4.65. The van der Waals surface area contributed by atoms with Gasteiger partial charge in [-0.1, -0.05) is 24.4 Å². The van der Waals surface area contributed by atoms with Crippen LogP contribution in [0.25, 0.3) is 32.2 Å². The van der Waals surface area contributed by atoms with Crippen LogP contribution in [0.2, 0.25) is 0 Å². The minimum Gasteiger partial charge on any atom is -0.394 e. The summed E-state index contributed by atoms with van der Waals surface area (Å²) < 4.78 is 8.49. The molecule has 1 aliphatic heterocycles. The molecular formula is C17H16N6O4S2. The van der Waals surface area contributed by atoms with Crippen LogP contribution in [0.5, 0.6) is 0 Å². The van der Waals surface area contributed by atoms with E-state index in [1.807, 2.05) is 24.3 Å². The number of nitrogens with zero attached hydrogens (tertiary/aromatic N) is 4. The van der Waals surface area contributed by atoms with Crippen molar-refractivity contribution in [3.63, 3.8) is 0 Å². The standard InChI is InChI=1S/C17H16N6O4S2/c18-17-21-12-9(14(28)22-17)20-13(15-19-6-3-1-2-4-8(6)29-15)23(12)16-11(26)10(25)7(5-24)27-16/h1-4,7,10-11,16,24-26H,5H2,(H3,18,21,22,28)/t7-,10-,11-,16-/m1/s1. The molecule has 0 unspecified atom stereocenters. The average Bonchev–Trinajstić information content (AvgIpc) is 3.36. The highest BCUT2D eigenvalue weighted by Crippen LogP contribution is 2.38. The minimum atomic E-state index is -1.32. The quantitative estimate of drug-likeness (QED) is 0.298. The maximum Gasteiger partial charge on any atom is 0.200 e. The number of hydrogen-bond acceptors (Lipinski definition) is 10. The molecule has 1 aliphatic rings. The number of anilines is 1. The fraction of sp³-hybridized carbons (Fsp3) is 0.294. The van der Waals surface area contributed by atoms with Crippen molar-refractivity contribution in [3.05, 3.63) is 28.9 Å². The maximum absolute atomic E-state index is 10.6. The summed E-state index contributed by atoms with van der Waals surface area (Å²) in [6.45, 7) is -0.451. The number of imidazole rings is 1. The third-order valence-corrected chi connectivity index (χ3v) is 6.15.